The summed E-state index contributed by atoms with van der Waals surface area (Å²) in [6, 6.07) is 22.8. The van der Waals surface area contributed by atoms with E-state index in [0.717, 1.165) is 52.4 Å². The number of para-hydroxylation sites is 4. The van der Waals surface area contributed by atoms with E-state index >= 15 is 0 Å². The molecule has 5 rings (SSSR count). The number of hydrogen-bond donors (Lipinski definition) is 0. The van der Waals surface area contributed by atoms with E-state index < -0.39 is 0 Å². The Labute approximate surface area is 213 Å². The lowest BCUT2D eigenvalue weighted by Crippen LogP contribution is -2.26. The van der Waals surface area contributed by atoms with Gasteiger partial charge in [-0.3, -0.25) is 4.79 Å². The monoisotopic (exact) mass is 481 g/mol. The van der Waals surface area contributed by atoms with Crippen molar-refractivity contribution >= 4 is 22.6 Å². The Morgan fingerprint density at radius 2 is 1.69 bits per heavy atom. The molecule has 1 aliphatic heterocycles. The number of imidazole rings is 1. The van der Waals surface area contributed by atoms with Gasteiger partial charge in [-0.1, -0.05) is 62.4 Å². The van der Waals surface area contributed by atoms with Crippen LogP contribution in [-0.2, 0) is 11.3 Å². The number of ether oxygens (including phenoxy) is 1. The predicted octanol–water partition coefficient (Wildman–Crippen LogP) is 6.77. The van der Waals surface area contributed by atoms with Crippen LogP contribution < -0.4 is 9.64 Å². The van der Waals surface area contributed by atoms with Crippen molar-refractivity contribution in [1.29, 1.82) is 0 Å². The van der Waals surface area contributed by atoms with Crippen LogP contribution in [-0.4, -0.2) is 28.6 Å². The Hall–Kier alpha value is -3.60. The summed E-state index contributed by atoms with van der Waals surface area (Å²) in [6.07, 6.45) is 1.34. The second-order valence-electron chi connectivity index (χ2n) is 10.2. The molecular formula is C31H35N3O2. The first-order valence-corrected chi connectivity index (χ1v) is 13.0. The van der Waals surface area contributed by atoms with E-state index in [9.17, 15) is 4.79 Å². The molecule has 4 aromatic rings. The van der Waals surface area contributed by atoms with Gasteiger partial charge in [0.05, 0.1) is 17.6 Å². The fraction of sp³-hybridized carbons (Fsp3) is 0.355. The average Bonchev–Trinajstić information content (AvgIpc) is 3.42. The van der Waals surface area contributed by atoms with Crippen molar-refractivity contribution in [3.63, 3.8) is 0 Å². The lowest BCUT2D eigenvalue weighted by Gasteiger charge is -2.21. The molecule has 2 heterocycles. The Kier molecular flexibility index (Phi) is 6.82. The summed E-state index contributed by atoms with van der Waals surface area (Å²) in [5, 5.41) is 0. The second-order valence-corrected chi connectivity index (χ2v) is 10.2. The zero-order valence-electron chi connectivity index (χ0n) is 21.7. The number of hydrogen-bond acceptors (Lipinski definition) is 3. The normalized spacial score (nSPS) is 15.9. The summed E-state index contributed by atoms with van der Waals surface area (Å²) in [4.78, 5) is 20.1. The third-order valence-electron chi connectivity index (χ3n) is 7.21. The molecule has 0 aliphatic carbocycles. The number of nitrogens with zero attached hydrogens (tertiary/aromatic N) is 3. The van der Waals surface area contributed by atoms with Gasteiger partial charge in [-0.05, 0) is 61.1 Å². The topological polar surface area (TPSA) is 47.4 Å². The first-order valence-electron chi connectivity index (χ1n) is 13.0. The van der Waals surface area contributed by atoms with Crippen LogP contribution in [0.5, 0.6) is 5.75 Å². The van der Waals surface area contributed by atoms with Gasteiger partial charge in [0.15, 0.2) is 0 Å². The van der Waals surface area contributed by atoms with Crippen molar-refractivity contribution < 1.29 is 9.53 Å². The molecule has 1 aromatic heterocycles. The summed E-state index contributed by atoms with van der Waals surface area (Å²) in [6.45, 7) is 10.6. The molecule has 0 saturated carbocycles. The predicted molar refractivity (Wildman–Crippen MR) is 146 cm³/mol. The molecule has 1 amide bonds. The molecule has 0 bridgehead atoms. The number of anilines is 1. The molecule has 5 nitrogen and oxygen atoms in total. The minimum Gasteiger partial charge on any atom is -0.493 e. The molecule has 1 atom stereocenters. The maximum atomic E-state index is 13.2. The van der Waals surface area contributed by atoms with E-state index in [-0.39, 0.29) is 11.8 Å². The highest BCUT2D eigenvalue weighted by atomic mass is 16.5. The average molecular weight is 482 g/mol. The molecule has 1 saturated heterocycles. The number of amides is 1. The number of aryl methyl sites for hydroxylation is 3. The van der Waals surface area contributed by atoms with E-state index in [2.05, 4.69) is 80.8 Å². The minimum absolute atomic E-state index is 0.0616. The molecule has 1 fully saturated rings. The van der Waals surface area contributed by atoms with Crippen molar-refractivity contribution in [2.24, 2.45) is 0 Å². The van der Waals surface area contributed by atoms with E-state index in [1.54, 1.807) is 0 Å². The van der Waals surface area contributed by atoms with Crippen LogP contribution in [0.4, 0.5) is 5.69 Å². The number of carbonyl (C=O) groups excluding carboxylic acids is 1. The van der Waals surface area contributed by atoms with Gasteiger partial charge in [-0.15, -0.1) is 0 Å². The van der Waals surface area contributed by atoms with Crippen LogP contribution in [0.2, 0.25) is 0 Å². The van der Waals surface area contributed by atoms with Crippen molar-refractivity contribution in [3.8, 4) is 5.75 Å². The number of aromatic nitrogens is 2. The van der Waals surface area contributed by atoms with Crippen LogP contribution in [0.15, 0.2) is 66.7 Å². The molecule has 36 heavy (non-hydrogen) atoms. The summed E-state index contributed by atoms with van der Waals surface area (Å²) < 4.78 is 8.50. The maximum Gasteiger partial charge on any atom is 0.227 e. The molecule has 0 radical (unpaired) electrons. The van der Waals surface area contributed by atoms with Crippen LogP contribution in [0.3, 0.4) is 0 Å². The number of rotatable bonds is 8. The Morgan fingerprint density at radius 1 is 0.972 bits per heavy atom. The van der Waals surface area contributed by atoms with Gasteiger partial charge in [-0.2, -0.15) is 0 Å². The number of benzene rings is 3. The molecule has 3 aromatic carbocycles. The largest absolute Gasteiger partial charge is 0.493 e. The highest BCUT2D eigenvalue weighted by Gasteiger charge is 2.35. The van der Waals surface area contributed by atoms with E-state index in [1.165, 1.54) is 5.56 Å². The Morgan fingerprint density at radius 3 is 2.47 bits per heavy atom. The summed E-state index contributed by atoms with van der Waals surface area (Å²) >= 11 is 0. The molecule has 0 N–H and O–H groups in total. The van der Waals surface area contributed by atoms with Crippen molar-refractivity contribution in [1.82, 2.24) is 9.55 Å². The summed E-state index contributed by atoms with van der Waals surface area (Å²) in [5.74, 6) is 2.62. The highest BCUT2D eigenvalue weighted by molar-refractivity contribution is 5.98. The number of fused-ring (bicyclic) bond motifs is 1. The minimum atomic E-state index is 0.0616. The first-order chi connectivity index (χ1) is 17.4. The Bertz CT molecular complexity index is 1370. The van der Waals surface area contributed by atoms with Gasteiger partial charge in [0, 0.05) is 31.1 Å². The van der Waals surface area contributed by atoms with Gasteiger partial charge >= 0.3 is 0 Å². The zero-order valence-corrected chi connectivity index (χ0v) is 21.7. The van der Waals surface area contributed by atoms with Gasteiger partial charge in [0.2, 0.25) is 5.91 Å². The third-order valence-corrected chi connectivity index (χ3v) is 7.21. The van der Waals surface area contributed by atoms with Gasteiger partial charge in [-0.25, -0.2) is 4.98 Å². The molecule has 0 spiro atoms. The molecule has 186 valence electrons. The summed E-state index contributed by atoms with van der Waals surface area (Å²) in [7, 11) is 0. The van der Waals surface area contributed by atoms with E-state index in [4.69, 9.17) is 9.72 Å². The smallest absolute Gasteiger partial charge is 0.227 e. The van der Waals surface area contributed by atoms with E-state index in [0.29, 0.717) is 25.5 Å². The number of carbonyl (C=O) groups is 1. The Balaban J connectivity index is 1.36. The van der Waals surface area contributed by atoms with Crippen LogP contribution in [0.1, 0.15) is 61.0 Å². The standard InChI is InChI=1S/C31H35N3O2/c1-21(2)25-13-5-8-16-28(25)36-18-10-17-33-27-15-7-6-14-26(27)32-31(33)24-19-29(35)34(20-24)30-22(3)11-9-12-23(30)4/h5-9,11-16,21,24H,10,17-20H2,1-4H3. The third kappa shape index (κ3) is 4.62. The molecular weight excluding hydrogens is 446 g/mol. The highest BCUT2D eigenvalue weighted by Crippen LogP contribution is 2.36. The van der Waals surface area contributed by atoms with E-state index in [1.807, 2.05) is 23.1 Å². The SMILES string of the molecule is Cc1cccc(C)c1N1CC(c2nc3ccccc3n2CCCOc2ccccc2C(C)C)CC1=O. The summed E-state index contributed by atoms with van der Waals surface area (Å²) in [5.41, 5.74) is 6.66. The van der Waals surface area contributed by atoms with Gasteiger partial charge in [0.25, 0.3) is 0 Å². The molecule has 5 heteroatoms. The molecule has 1 unspecified atom stereocenters. The van der Waals surface area contributed by atoms with Crippen molar-refractivity contribution in [3.05, 3.63) is 89.2 Å². The fourth-order valence-electron chi connectivity index (χ4n) is 5.46. The lowest BCUT2D eigenvalue weighted by atomic mass is 10.0. The van der Waals surface area contributed by atoms with Gasteiger partial charge in [0.1, 0.15) is 11.6 Å². The second kappa shape index (κ2) is 10.2. The van der Waals surface area contributed by atoms with Crippen LogP contribution in [0.25, 0.3) is 11.0 Å². The first kappa shape index (κ1) is 24.1. The van der Waals surface area contributed by atoms with Crippen LogP contribution >= 0.6 is 0 Å². The quantitative estimate of drug-likeness (QED) is 0.261. The van der Waals surface area contributed by atoms with Crippen molar-refractivity contribution in [2.75, 3.05) is 18.1 Å². The maximum absolute atomic E-state index is 13.2. The zero-order chi connectivity index (χ0) is 25.2. The lowest BCUT2D eigenvalue weighted by molar-refractivity contribution is -0.117. The van der Waals surface area contributed by atoms with Crippen LogP contribution in [0, 0.1) is 13.8 Å². The van der Waals surface area contributed by atoms with Gasteiger partial charge < -0.3 is 14.2 Å². The fourth-order valence-corrected chi connectivity index (χ4v) is 5.46. The molecule has 1 aliphatic rings. The van der Waals surface area contributed by atoms with Crippen molar-refractivity contribution in [2.45, 2.75) is 58.9 Å².